The standard InChI is InChI=1S/C12H12F2INO3/c13-10(14)6-9(12(18)19)16-11(17)5-7-2-1-3-8(15)4-7/h1-4,9-10H,5-6H2,(H,16,17)(H,18,19). The molecule has 1 aromatic rings. The van der Waals surface area contributed by atoms with Gasteiger partial charge in [0.25, 0.3) is 0 Å². The number of carboxylic acid groups (broad SMARTS) is 1. The Morgan fingerprint density at radius 1 is 1.37 bits per heavy atom. The topological polar surface area (TPSA) is 66.4 Å². The molecule has 0 heterocycles. The summed E-state index contributed by atoms with van der Waals surface area (Å²) in [4.78, 5) is 22.3. The Morgan fingerprint density at radius 3 is 2.58 bits per heavy atom. The lowest BCUT2D eigenvalue weighted by molar-refractivity contribution is -0.142. The van der Waals surface area contributed by atoms with Gasteiger partial charge in [0.15, 0.2) is 0 Å². The highest BCUT2D eigenvalue weighted by atomic mass is 127. The van der Waals surface area contributed by atoms with E-state index in [1.165, 1.54) is 0 Å². The molecule has 0 aromatic heterocycles. The summed E-state index contributed by atoms with van der Waals surface area (Å²) < 4.78 is 25.3. The predicted octanol–water partition coefficient (Wildman–Crippen LogP) is 2.06. The maximum Gasteiger partial charge on any atom is 0.326 e. The molecule has 7 heteroatoms. The first-order valence-electron chi connectivity index (χ1n) is 5.43. The number of carboxylic acids is 1. The molecule has 104 valence electrons. The number of carbonyl (C=O) groups excluding carboxylic acids is 1. The molecule has 0 radical (unpaired) electrons. The van der Waals surface area contributed by atoms with E-state index in [-0.39, 0.29) is 6.42 Å². The number of nitrogens with one attached hydrogen (secondary N) is 1. The van der Waals surface area contributed by atoms with Crippen molar-refractivity contribution in [2.45, 2.75) is 25.3 Å². The fourth-order valence-electron chi connectivity index (χ4n) is 1.48. The fraction of sp³-hybridized carbons (Fsp3) is 0.333. The minimum absolute atomic E-state index is 0.0378. The third-order valence-electron chi connectivity index (χ3n) is 2.30. The van der Waals surface area contributed by atoms with Crippen molar-refractivity contribution < 1.29 is 23.5 Å². The summed E-state index contributed by atoms with van der Waals surface area (Å²) in [6.07, 6.45) is -3.71. The van der Waals surface area contributed by atoms with E-state index in [2.05, 4.69) is 27.9 Å². The molecule has 1 rings (SSSR count). The van der Waals surface area contributed by atoms with Crippen LogP contribution >= 0.6 is 22.6 Å². The van der Waals surface area contributed by atoms with Gasteiger partial charge in [-0.05, 0) is 40.3 Å². The third kappa shape index (κ3) is 5.95. The van der Waals surface area contributed by atoms with E-state index in [0.29, 0.717) is 5.56 Å². The zero-order chi connectivity index (χ0) is 14.4. The lowest BCUT2D eigenvalue weighted by Crippen LogP contribution is -2.42. The molecule has 0 aliphatic carbocycles. The number of benzene rings is 1. The molecule has 0 aliphatic heterocycles. The van der Waals surface area contributed by atoms with Crippen molar-refractivity contribution in [1.29, 1.82) is 0 Å². The van der Waals surface area contributed by atoms with Gasteiger partial charge in [-0.1, -0.05) is 12.1 Å². The zero-order valence-electron chi connectivity index (χ0n) is 9.78. The van der Waals surface area contributed by atoms with Gasteiger partial charge in [0.2, 0.25) is 12.3 Å². The van der Waals surface area contributed by atoms with Crippen LogP contribution in [0.5, 0.6) is 0 Å². The van der Waals surface area contributed by atoms with E-state index in [1.807, 2.05) is 6.07 Å². The highest BCUT2D eigenvalue weighted by molar-refractivity contribution is 14.1. The molecule has 19 heavy (non-hydrogen) atoms. The second-order valence-electron chi connectivity index (χ2n) is 3.89. The van der Waals surface area contributed by atoms with E-state index in [0.717, 1.165) is 3.57 Å². The average molecular weight is 383 g/mol. The van der Waals surface area contributed by atoms with Gasteiger partial charge in [-0.3, -0.25) is 4.79 Å². The molecule has 0 spiro atoms. The van der Waals surface area contributed by atoms with Crippen LogP contribution in [-0.4, -0.2) is 29.5 Å². The van der Waals surface area contributed by atoms with Crippen molar-refractivity contribution in [1.82, 2.24) is 5.32 Å². The van der Waals surface area contributed by atoms with Gasteiger partial charge in [0, 0.05) is 9.99 Å². The first-order chi connectivity index (χ1) is 8.88. The summed E-state index contributed by atoms with van der Waals surface area (Å²) in [5, 5.41) is 10.8. The molecule has 0 fully saturated rings. The first kappa shape index (κ1) is 15.8. The Labute approximate surface area is 122 Å². The Kier molecular flexibility index (Phi) is 6.13. The molecule has 1 atom stereocenters. The maximum atomic E-state index is 12.2. The minimum Gasteiger partial charge on any atom is -0.480 e. The summed E-state index contributed by atoms with van der Waals surface area (Å²) >= 11 is 2.08. The first-order valence-corrected chi connectivity index (χ1v) is 6.51. The number of aliphatic carboxylic acids is 1. The van der Waals surface area contributed by atoms with E-state index >= 15 is 0 Å². The molecular weight excluding hydrogens is 371 g/mol. The SMILES string of the molecule is O=C(Cc1cccc(I)c1)NC(CC(F)F)C(=O)O. The van der Waals surface area contributed by atoms with E-state index in [4.69, 9.17) is 5.11 Å². The molecule has 4 nitrogen and oxygen atoms in total. The molecule has 1 unspecified atom stereocenters. The Balaban J connectivity index is 2.60. The highest BCUT2D eigenvalue weighted by Crippen LogP contribution is 2.09. The summed E-state index contributed by atoms with van der Waals surface area (Å²) in [6.45, 7) is 0. The van der Waals surface area contributed by atoms with Crippen LogP contribution in [0.2, 0.25) is 0 Å². The molecule has 0 bridgehead atoms. The van der Waals surface area contributed by atoms with Gasteiger partial charge in [-0.2, -0.15) is 0 Å². The second kappa shape index (κ2) is 7.37. The van der Waals surface area contributed by atoms with E-state index < -0.39 is 30.8 Å². The van der Waals surface area contributed by atoms with E-state index in [9.17, 15) is 18.4 Å². The quantitative estimate of drug-likeness (QED) is 0.740. The van der Waals surface area contributed by atoms with Gasteiger partial charge in [0.05, 0.1) is 6.42 Å². The molecular formula is C12H12F2INO3. The van der Waals surface area contributed by atoms with Gasteiger partial charge in [0.1, 0.15) is 6.04 Å². The molecule has 0 saturated heterocycles. The molecule has 2 N–H and O–H groups in total. The number of halogens is 3. The lowest BCUT2D eigenvalue weighted by Gasteiger charge is -2.14. The van der Waals surface area contributed by atoms with Crippen LogP contribution in [-0.2, 0) is 16.0 Å². The minimum atomic E-state index is -2.78. The Hall–Kier alpha value is -1.25. The smallest absolute Gasteiger partial charge is 0.326 e. The summed E-state index contributed by atoms with van der Waals surface area (Å²) in [6, 6.07) is 5.53. The summed E-state index contributed by atoms with van der Waals surface area (Å²) in [7, 11) is 0. The summed E-state index contributed by atoms with van der Waals surface area (Å²) in [5.41, 5.74) is 0.700. The number of hydrogen-bond acceptors (Lipinski definition) is 2. The number of amides is 1. The lowest BCUT2D eigenvalue weighted by atomic mass is 10.1. The van der Waals surface area contributed by atoms with Gasteiger partial charge >= 0.3 is 5.97 Å². The molecule has 0 saturated carbocycles. The van der Waals surface area contributed by atoms with Crippen LogP contribution in [0.3, 0.4) is 0 Å². The zero-order valence-corrected chi connectivity index (χ0v) is 11.9. The van der Waals surface area contributed by atoms with Crippen molar-refractivity contribution in [2.24, 2.45) is 0 Å². The average Bonchev–Trinajstić information content (AvgIpc) is 2.27. The normalized spacial score (nSPS) is 12.2. The van der Waals surface area contributed by atoms with E-state index in [1.54, 1.807) is 18.2 Å². The predicted molar refractivity (Wildman–Crippen MR) is 73.1 cm³/mol. The van der Waals surface area contributed by atoms with Crippen LogP contribution in [0.1, 0.15) is 12.0 Å². The van der Waals surface area contributed by atoms with Crippen LogP contribution in [0.25, 0.3) is 0 Å². The number of alkyl halides is 2. The number of rotatable bonds is 6. The van der Waals surface area contributed by atoms with Crippen molar-refractivity contribution in [3.05, 3.63) is 33.4 Å². The third-order valence-corrected chi connectivity index (χ3v) is 2.97. The van der Waals surface area contributed by atoms with Crippen LogP contribution < -0.4 is 5.32 Å². The van der Waals surface area contributed by atoms with Gasteiger partial charge in [-0.25, -0.2) is 13.6 Å². The second-order valence-corrected chi connectivity index (χ2v) is 5.14. The van der Waals surface area contributed by atoms with Crippen molar-refractivity contribution in [3.8, 4) is 0 Å². The maximum absolute atomic E-state index is 12.2. The number of hydrogen-bond donors (Lipinski definition) is 2. The molecule has 1 aromatic carbocycles. The van der Waals surface area contributed by atoms with Gasteiger partial charge < -0.3 is 10.4 Å². The van der Waals surface area contributed by atoms with Gasteiger partial charge in [-0.15, -0.1) is 0 Å². The van der Waals surface area contributed by atoms with Crippen LogP contribution in [0.4, 0.5) is 8.78 Å². The fourth-order valence-corrected chi connectivity index (χ4v) is 2.08. The number of carbonyl (C=O) groups is 2. The highest BCUT2D eigenvalue weighted by Gasteiger charge is 2.23. The van der Waals surface area contributed by atoms with Crippen molar-refractivity contribution in [3.63, 3.8) is 0 Å². The van der Waals surface area contributed by atoms with Crippen LogP contribution in [0.15, 0.2) is 24.3 Å². The van der Waals surface area contributed by atoms with Crippen LogP contribution in [0, 0.1) is 3.57 Å². The Morgan fingerprint density at radius 2 is 2.05 bits per heavy atom. The van der Waals surface area contributed by atoms with Crippen molar-refractivity contribution in [2.75, 3.05) is 0 Å². The summed E-state index contributed by atoms with van der Waals surface area (Å²) in [5.74, 6) is -2.05. The largest absolute Gasteiger partial charge is 0.480 e. The molecule has 0 aliphatic rings. The monoisotopic (exact) mass is 383 g/mol. The molecule has 1 amide bonds. The van der Waals surface area contributed by atoms with Crippen molar-refractivity contribution >= 4 is 34.5 Å². The Bertz CT molecular complexity index is 468.